The van der Waals surface area contributed by atoms with Gasteiger partial charge in [0.05, 0.1) is 18.7 Å². The van der Waals surface area contributed by atoms with Gasteiger partial charge in [0.25, 0.3) is 0 Å². The highest BCUT2D eigenvalue weighted by Crippen LogP contribution is 2.38. The van der Waals surface area contributed by atoms with Crippen LogP contribution in [0.3, 0.4) is 0 Å². The molecule has 18 heavy (non-hydrogen) atoms. The van der Waals surface area contributed by atoms with Gasteiger partial charge in [-0.15, -0.1) is 0 Å². The number of hydrogen-bond acceptors (Lipinski definition) is 3. The predicted molar refractivity (Wildman–Crippen MR) is 73.9 cm³/mol. The van der Waals surface area contributed by atoms with Crippen LogP contribution in [0.15, 0.2) is 12.1 Å². The second-order valence-corrected chi connectivity index (χ2v) is 5.12. The largest absolute Gasteiger partial charge is 0.493 e. The minimum absolute atomic E-state index is 0.640. The fraction of sp³-hybridized carbons (Fsp3) is 0.571. The lowest BCUT2D eigenvalue weighted by Gasteiger charge is -2.14. The number of methoxy groups -OCH3 is 1. The van der Waals surface area contributed by atoms with E-state index in [9.17, 15) is 0 Å². The molecular formula is C14H20ClNO2. The molecule has 0 spiro atoms. The molecule has 1 aromatic rings. The van der Waals surface area contributed by atoms with Crippen molar-refractivity contribution >= 4 is 11.6 Å². The molecule has 2 rings (SSSR count). The first-order valence-corrected chi connectivity index (χ1v) is 6.76. The van der Waals surface area contributed by atoms with Gasteiger partial charge >= 0.3 is 0 Å². The molecule has 100 valence electrons. The third kappa shape index (κ3) is 3.53. The van der Waals surface area contributed by atoms with Gasteiger partial charge in [0, 0.05) is 0 Å². The Morgan fingerprint density at radius 3 is 2.78 bits per heavy atom. The van der Waals surface area contributed by atoms with Crippen molar-refractivity contribution in [3.05, 3.63) is 22.7 Å². The normalized spacial score (nSPS) is 14.6. The smallest absolute Gasteiger partial charge is 0.179 e. The lowest BCUT2D eigenvalue weighted by atomic mass is 10.1. The van der Waals surface area contributed by atoms with Crippen LogP contribution < -0.4 is 14.8 Å². The van der Waals surface area contributed by atoms with Gasteiger partial charge in [-0.25, -0.2) is 0 Å². The van der Waals surface area contributed by atoms with E-state index in [4.69, 9.17) is 21.1 Å². The Hall–Kier alpha value is -0.930. The van der Waals surface area contributed by atoms with Crippen LogP contribution in [0.25, 0.3) is 0 Å². The van der Waals surface area contributed by atoms with Gasteiger partial charge in [0.1, 0.15) is 0 Å². The van der Waals surface area contributed by atoms with Crippen LogP contribution in [0.4, 0.5) is 0 Å². The molecule has 1 aliphatic rings. The molecule has 0 radical (unpaired) electrons. The van der Waals surface area contributed by atoms with E-state index < -0.39 is 0 Å². The van der Waals surface area contributed by atoms with Gasteiger partial charge in [-0.1, -0.05) is 11.6 Å². The lowest BCUT2D eigenvalue weighted by molar-refractivity contribution is 0.280. The van der Waals surface area contributed by atoms with Gasteiger partial charge in [0.2, 0.25) is 0 Å². The van der Waals surface area contributed by atoms with Crippen LogP contribution in [0.2, 0.25) is 5.02 Å². The maximum atomic E-state index is 6.27. The summed E-state index contributed by atoms with van der Waals surface area (Å²) in [5, 5.41) is 3.76. The van der Waals surface area contributed by atoms with E-state index in [1.54, 1.807) is 7.11 Å². The monoisotopic (exact) mass is 269 g/mol. The predicted octanol–water partition coefficient (Wildman–Crippen LogP) is 2.90. The quantitative estimate of drug-likeness (QED) is 0.826. The molecule has 0 atom stereocenters. The second kappa shape index (κ2) is 6.30. The molecule has 0 saturated heterocycles. The van der Waals surface area contributed by atoms with Crippen LogP contribution in [-0.2, 0) is 6.42 Å². The lowest BCUT2D eigenvalue weighted by Crippen LogP contribution is -2.10. The number of ether oxygens (including phenoxy) is 2. The second-order valence-electron chi connectivity index (χ2n) is 4.72. The summed E-state index contributed by atoms with van der Waals surface area (Å²) in [6, 6.07) is 3.97. The van der Waals surface area contributed by atoms with Crippen LogP contribution >= 0.6 is 11.6 Å². The molecule has 0 amide bonds. The summed E-state index contributed by atoms with van der Waals surface area (Å²) >= 11 is 6.27. The van der Waals surface area contributed by atoms with Crippen molar-refractivity contribution in [2.45, 2.75) is 19.3 Å². The molecule has 0 bridgehead atoms. The van der Waals surface area contributed by atoms with Gasteiger partial charge in [-0.2, -0.15) is 0 Å². The molecular weight excluding hydrogens is 250 g/mol. The molecule has 1 N–H and O–H groups in total. The highest BCUT2D eigenvalue weighted by atomic mass is 35.5. The number of rotatable bonds is 7. The van der Waals surface area contributed by atoms with E-state index in [-0.39, 0.29) is 0 Å². The van der Waals surface area contributed by atoms with Crippen molar-refractivity contribution in [3.63, 3.8) is 0 Å². The summed E-state index contributed by atoms with van der Waals surface area (Å²) in [6.45, 7) is 1.66. The summed E-state index contributed by atoms with van der Waals surface area (Å²) in [5.74, 6) is 2.11. The third-order valence-electron chi connectivity index (χ3n) is 3.11. The molecule has 0 aromatic heterocycles. The molecule has 1 saturated carbocycles. The Labute approximate surface area is 113 Å². The summed E-state index contributed by atoms with van der Waals surface area (Å²) in [5.41, 5.74) is 1.16. The Balaban J connectivity index is 2.11. The molecule has 4 heteroatoms. The highest BCUT2D eigenvalue weighted by molar-refractivity contribution is 6.32. The van der Waals surface area contributed by atoms with Gasteiger partial charge in [-0.05, 0) is 56.5 Å². The first-order valence-electron chi connectivity index (χ1n) is 6.38. The minimum atomic E-state index is 0.640. The molecule has 0 heterocycles. The Morgan fingerprint density at radius 1 is 1.39 bits per heavy atom. The Bertz CT molecular complexity index is 405. The van der Waals surface area contributed by atoms with E-state index in [1.165, 1.54) is 12.8 Å². The van der Waals surface area contributed by atoms with Gasteiger partial charge < -0.3 is 14.8 Å². The molecule has 0 unspecified atom stereocenters. The van der Waals surface area contributed by atoms with Crippen molar-refractivity contribution in [3.8, 4) is 11.5 Å². The number of nitrogens with one attached hydrogen (secondary N) is 1. The van der Waals surface area contributed by atoms with Crippen molar-refractivity contribution in [1.82, 2.24) is 5.32 Å². The fourth-order valence-corrected chi connectivity index (χ4v) is 2.10. The van der Waals surface area contributed by atoms with E-state index in [0.29, 0.717) is 16.7 Å². The van der Waals surface area contributed by atoms with Crippen LogP contribution in [0.5, 0.6) is 11.5 Å². The number of likely N-dealkylation sites (N-methyl/N-ethyl adjacent to an activating group) is 1. The van der Waals surface area contributed by atoms with Crippen molar-refractivity contribution in [2.75, 3.05) is 27.3 Å². The Morgan fingerprint density at radius 2 is 2.17 bits per heavy atom. The summed E-state index contributed by atoms with van der Waals surface area (Å²) in [4.78, 5) is 0. The zero-order valence-corrected chi connectivity index (χ0v) is 11.7. The van der Waals surface area contributed by atoms with Crippen molar-refractivity contribution in [2.24, 2.45) is 5.92 Å². The number of halogens is 1. The maximum Gasteiger partial charge on any atom is 0.179 e. The van der Waals surface area contributed by atoms with Gasteiger partial charge in [0.15, 0.2) is 11.5 Å². The van der Waals surface area contributed by atoms with Crippen molar-refractivity contribution < 1.29 is 9.47 Å². The molecule has 1 fully saturated rings. The highest BCUT2D eigenvalue weighted by Gasteiger charge is 2.23. The van der Waals surface area contributed by atoms with E-state index in [2.05, 4.69) is 5.32 Å². The fourth-order valence-electron chi connectivity index (χ4n) is 1.81. The first kappa shape index (κ1) is 13.5. The van der Waals surface area contributed by atoms with Gasteiger partial charge in [-0.3, -0.25) is 0 Å². The third-order valence-corrected chi connectivity index (χ3v) is 3.39. The van der Waals surface area contributed by atoms with Crippen LogP contribution in [0.1, 0.15) is 18.4 Å². The minimum Gasteiger partial charge on any atom is -0.493 e. The molecule has 1 aromatic carbocycles. The average molecular weight is 270 g/mol. The average Bonchev–Trinajstić information content (AvgIpc) is 3.18. The number of hydrogen-bond donors (Lipinski definition) is 1. The Kier molecular flexibility index (Phi) is 4.72. The van der Waals surface area contributed by atoms with Crippen LogP contribution in [0, 0.1) is 5.92 Å². The molecule has 1 aliphatic carbocycles. The summed E-state index contributed by atoms with van der Waals surface area (Å²) < 4.78 is 11.1. The zero-order valence-electron chi connectivity index (χ0n) is 11.0. The summed E-state index contributed by atoms with van der Waals surface area (Å²) in [6.07, 6.45) is 3.45. The maximum absolute atomic E-state index is 6.27. The topological polar surface area (TPSA) is 30.5 Å². The van der Waals surface area contributed by atoms with Crippen LogP contribution in [-0.4, -0.2) is 27.3 Å². The summed E-state index contributed by atoms with van der Waals surface area (Å²) in [7, 11) is 3.59. The van der Waals surface area contributed by atoms with E-state index in [1.807, 2.05) is 19.2 Å². The first-order chi connectivity index (χ1) is 8.74. The SMILES string of the molecule is CNCCc1cc(Cl)c(OCC2CC2)c(OC)c1. The molecule has 0 aliphatic heterocycles. The zero-order chi connectivity index (χ0) is 13.0. The van der Waals surface area contributed by atoms with E-state index >= 15 is 0 Å². The standard InChI is InChI=1S/C14H20ClNO2/c1-16-6-5-11-7-12(15)14(13(8-11)17-2)18-9-10-3-4-10/h7-8,10,16H,3-6,9H2,1-2H3. The number of benzene rings is 1. The van der Waals surface area contributed by atoms with E-state index in [0.717, 1.165) is 30.9 Å². The van der Waals surface area contributed by atoms with Crippen molar-refractivity contribution in [1.29, 1.82) is 0 Å². The molecule has 3 nitrogen and oxygen atoms in total.